The highest BCUT2D eigenvalue weighted by Crippen LogP contribution is 2.19. The van der Waals surface area contributed by atoms with Crippen molar-refractivity contribution in [2.45, 2.75) is 32.4 Å². The van der Waals surface area contributed by atoms with E-state index in [9.17, 15) is 0 Å². The Hall–Kier alpha value is -0.430. The second-order valence-electron chi connectivity index (χ2n) is 4.06. The molecule has 0 bridgehead atoms. The van der Waals surface area contributed by atoms with Gasteiger partial charge in [-0.05, 0) is 35.9 Å². The third-order valence-corrected chi connectivity index (χ3v) is 3.36. The molecule has 0 radical (unpaired) electrons. The Morgan fingerprint density at radius 1 is 1.50 bits per heavy atom. The van der Waals surface area contributed by atoms with Crippen molar-refractivity contribution in [1.29, 1.82) is 0 Å². The van der Waals surface area contributed by atoms with Gasteiger partial charge in [0.25, 0.3) is 0 Å². The van der Waals surface area contributed by atoms with Gasteiger partial charge in [-0.2, -0.15) is 0 Å². The Kier molecular flexibility index (Phi) is 3.96. The molecular weight excluding hydrogens is 317 g/mol. The summed E-state index contributed by atoms with van der Waals surface area (Å²) in [5, 5.41) is 0. The summed E-state index contributed by atoms with van der Waals surface area (Å²) in [5.41, 5.74) is 0. The van der Waals surface area contributed by atoms with Crippen LogP contribution in [0.1, 0.15) is 20.3 Å². The maximum absolute atomic E-state index is 5.66. The van der Waals surface area contributed by atoms with Gasteiger partial charge in [-0.3, -0.25) is 0 Å². The van der Waals surface area contributed by atoms with E-state index in [2.05, 4.69) is 51.3 Å². The van der Waals surface area contributed by atoms with Crippen molar-refractivity contribution in [2.75, 3.05) is 18.1 Å². The molecule has 1 fully saturated rings. The lowest BCUT2D eigenvalue weighted by atomic mass is 10.1. The zero-order valence-electron chi connectivity index (χ0n) is 9.56. The quantitative estimate of drug-likeness (QED) is 0.777. The van der Waals surface area contributed by atoms with Crippen LogP contribution < -0.4 is 4.90 Å². The summed E-state index contributed by atoms with van der Waals surface area (Å²) in [7, 11) is 0. The van der Waals surface area contributed by atoms with E-state index in [0.29, 0.717) is 6.04 Å². The van der Waals surface area contributed by atoms with Crippen LogP contribution in [0.2, 0.25) is 0 Å². The number of rotatable bonds is 2. The van der Waals surface area contributed by atoms with Crippen LogP contribution in [0.3, 0.4) is 0 Å². The highest BCUT2D eigenvalue weighted by Gasteiger charge is 2.27. The van der Waals surface area contributed by atoms with Gasteiger partial charge in [0.15, 0.2) is 0 Å². The first-order valence-electron chi connectivity index (χ1n) is 5.56. The van der Waals surface area contributed by atoms with Gasteiger partial charge in [0.1, 0.15) is 0 Å². The van der Waals surface area contributed by atoms with E-state index in [4.69, 9.17) is 4.74 Å². The van der Waals surface area contributed by atoms with Gasteiger partial charge >= 0.3 is 0 Å². The second kappa shape index (κ2) is 5.27. The number of halogens is 1. The highest BCUT2D eigenvalue weighted by atomic mass is 127. The van der Waals surface area contributed by atoms with E-state index in [1.54, 1.807) is 0 Å². The van der Waals surface area contributed by atoms with Crippen molar-refractivity contribution < 1.29 is 4.74 Å². The number of anilines is 1. The van der Waals surface area contributed by atoms with E-state index in [1.807, 2.05) is 12.4 Å². The highest BCUT2D eigenvalue weighted by molar-refractivity contribution is 14.1. The molecule has 4 nitrogen and oxygen atoms in total. The molecule has 88 valence electrons. The SMILES string of the molecule is CCC1COC(C)CN1c1ncc(I)cn1. The smallest absolute Gasteiger partial charge is 0.225 e. The summed E-state index contributed by atoms with van der Waals surface area (Å²) >= 11 is 2.22. The number of aromatic nitrogens is 2. The molecule has 0 N–H and O–H groups in total. The van der Waals surface area contributed by atoms with Crippen molar-refractivity contribution in [2.24, 2.45) is 0 Å². The monoisotopic (exact) mass is 333 g/mol. The molecule has 16 heavy (non-hydrogen) atoms. The van der Waals surface area contributed by atoms with Crippen LogP contribution in [0.5, 0.6) is 0 Å². The number of hydrogen-bond donors (Lipinski definition) is 0. The van der Waals surface area contributed by atoms with Gasteiger partial charge in [0.2, 0.25) is 5.95 Å². The normalized spacial score (nSPS) is 25.8. The molecule has 0 saturated carbocycles. The van der Waals surface area contributed by atoms with Crippen LogP contribution in [-0.4, -0.2) is 35.3 Å². The third kappa shape index (κ3) is 2.63. The molecule has 5 heteroatoms. The molecule has 1 saturated heterocycles. The molecule has 1 aliphatic rings. The van der Waals surface area contributed by atoms with E-state index in [0.717, 1.165) is 29.1 Å². The van der Waals surface area contributed by atoms with Gasteiger partial charge < -0.3 is 9.64 Å². The lowest BCUT2D eigenvalue weighted by Crippen LogP contribution is -2.49. The van der Waals surface area contributed by atoms with Crippen LogP contribution in [-0.2, 0) is 4.74 Å². The molecule has 0 aliphatic carbocycles. The van der Waals surface area contributed by atoms with Crippen LogP contribution >= 0.6 is 22.6 Å². The molecule has 0 aromatic carbocycles. The second-order valence-corrected chi connectivity index (χ2v) is 5.31. The standard InChI is InChI=1S/C11H16IN3O/c1-3-10-7-16-8(2)6-15(10)11-13-4-9(12)5-14-11/h4-5,8,10H,3,6-7H2,1-2H3. The van der Waals surface area contributed by atoms with Crippen molar-refractivity contribution in [3.63, 3.8) is 0 Å². The predicted octanol–water partition coefficient (Wildman–Crippen LogP) is 2.08. The topological polar surface area (TPSA) is 38.2 Å². The first-order chi connectivity index (χ1) is 7.70. The van der Waals surface area contributed by atoms with Crippen molar-refractivity contribution >= 4 is 28.5 Å². The Bertz CT molecular complexity index is 344. The van der Waals surface area contributed by atoms with Crippen molar-refractivity contribution in [3.8, 4) is 0 Å². The fourth-order valence-corrected chi connectivity index (χ4v) is 2.16. The Labute approximate surface area is 110 Å². The molecule has 2 rings (SSSR count). The molecular formula is C11H16IN3O. The summed E-state index contributed by atoms with van der Waals surface area (Å²) in [6.45, 7) is 5.90. The first-order valence-corrected chi connectivity index (χ1v) is 6.64. The molecule has 1 aliphatic heterocycles. The number of hydrogen-bond acceptors (Lipinski definition) is 4. The van der Waals surface area contributed by atoms with E-state index >= 15 is 0 Å². The van der Waals surface area contributed by atoms with Gasteiger partial charge in [-0.1, -0.05) is 6.92 Å². The van der Waals surface area contributed by atoms with Crippen LogP contribution in [0, 0.1) is 3.57 Å². The average Bonchev–Trinajstić information content (AvgIpc) is 2.30. The summed E-state index contributed by atoms with van der Waals surface area (Å²) in [5.74, 6) is 0.822. The number of ether oxygens (including phenoxy) is 1. The number of morpholine rings is 1. The fourth-order valence-electron chi connectivity index (χ4n) is 1.88. The van der Waals surface area contributed by atoms with E-state index in [1.165, 1.54) is 0 Å². The Morgan fingerprint density at radius 2 is 2.19 bits per heavy atom. The lowest BCUT2D eigenvalue weighted by Gasteiger charge is -2.38. The molecule has 1 aromatic heterocycles. The maximum atomic E-state index is 5.66. The minimum absolute atomic E-state index is 0.255. The molecule has 0 amide bonds. The van der Waals surface area contributed by atoms with Crippen LogP contribution in [0.15, 0.2) is 12.4 Å². The Morgan fingerprint density at radius 3 is 2.81 bits per heavy atom. The van der Waals surface area contributed by atoms with Gasteiger partial charge in [-0.15, -0.1) is 0 Å². The van der Waals surface area contributed by atoms with Gasteiger partial charge in [0, 0.05) is 22.5 Å². The first kappa shape index (κ1) is 12.0. The predicted molar refractivity (Wildman–Crippen MR) is 71.6 cm³/mol. The summed E-state index contributed by atoms with van der Waals surface area (Å²) in [4.78, 5) is 11.0. The van der Waals surface area contributed by atoms with Gasteiger partial charge in [-0.25, -0.2) is 9.97 Å². The average molecular weight is 333 g/mol. The minimum Gasteiger partial charge on any atom is -0.375 e. The lowest BCUT2D eigenvalue weighted by molar-refractivity contribution is 0.0292. The molecule has 2 heterocycles. The summed E-state index contributed by atoms with van der Waals surface area (Å²) in [6.07, 6.45) is 5.03. The molecule has 1 aromatic rings. The minimum atomic E-state index is 0.255. The summed E-state index contributed by atoms with van der Waals surface area (Å²) < 4.78 is 6.72. The third-order valence-electron chi connectivity index (χ3n) is 2.80. The van der Waals surface area contributed by atoms with Crippen molar-refractivity contribution in [3.05, 3.63) is 16.0 Å². The zero-order chi connectivity index (χ0) is 11.5. The van der Waals surface area contributed by atoms with Crippen LogP contribution in [0.25, 0.3) is 0 Å². The largest absolute Gasteiger partial charge is 0.375 e. The maximum Gasteiger partial charge on any atom is 0.225 e. The van der Waals surface area contributed by atoms with E-state index in [-0.39, 0.29) is 6.10 Å². The molecule has 2 atom stereocenters. The molecule has 2 unspecified atom stereocenters. The van der Waals surface area contributed by atoms with Crippen LogP contribution in [0.4, 0.5) is 5.95 Å². The zero-order valence-corrected chi connectivity index (χ0v) is 11.7. The number of nitrogens with zero attached hydrogens (tertiary/aromatic N) is 3. The van der Waals surface area contributed by atoms with Crippen molar-refractivity contribution in [1.82, 2.24) is 9.97 Å². The molecule has 0 spiro atoms. The fraction of sp³-hybridized carbons (Fsp3) is 0.636. The Balaban J connectivity index is 2.18. The van der Waals surface area contributed by atoms with Gasteiger partial charge in [0.05, 0.1) is 18.8 Å². The summed E-state index contributed by atoms with van der Waals surface area (Å²) in [6, 6.07) is 0.399. The van der Waals surface area contributed by atoms with E-state index < -0.39 is 0 Å².